The first-order valence-corrected chi connectivity index (χ1v) is 12.3. The molecule has 0 spiro atoms. The first kappa shape index (κ1) is 25.0. The Kier molecular flexibility index (Phi) is 7.63. The van der Waals surface area contributed by atoms with E-state index in [1.165, 1.54) is 23.0 Å². The Hall–Kier alpha value is -3.08. The van der Waals surface area contributed by atoms with Crippen LogP contribution in [0.4, 0.5) is 5.69 Å². The molecule has 0 aliphatic carbocycles. The van der Waals surface area contributed by atoms with Crippen molar-refractivity contribution in [3.05, 3.63) is 106 Å². The van der Waals surface area contributed by atoms with E-state index in [0.717, 1.165) is 4.47 Å². The minimum atomic E-state index is -0.459. The SMILES string of the molecule is CCc1nc2ccc(Br)cc2c(=O)n1N=Cc1cc(Cl)cc(Br)c1OCc1cccc([N+](=O)[O-])c1. The summed E-state index contributed by atoms with van der Waals surface area (Å²) in [6, 6.07) is 14.8. The summed E-state index contributed by atoms with van der Waals surface area (Å²) < 4.78 is 8.57. The van der Waals surface area contributed by atoms with Crippen LogP contribution in [0.25, 0.3) is 10.9 Å². The van der Waals surface area contributed by atoms with Gasteiger partial charge in [-0.05, 0) is 51.8 Å². The van der Waals surface area contributed by atoms with Gasteiger partial charge in [-0.3, -0.25) is 14.9 Å². The number of benzene rings is 3. The molecule has 11 heteroatoms. The molecule has 1 heterocycles. The van der Waals surface area contributed by atoms with E-state index in [-0.39, 0.29) is 17.9 Å². The van der Waals surface area contributed by atoms with Crippen molar-refractivity contribution >= 4 is 66.3 Å². The largest absolute Gasteiger partial charge is 0.487 e. The highest BCUT2D eigenvalue weighted by molar-refractivity contribution is 9.10. The van der Waals surface area contributed by atoms with Gasteiger partial charge in [-0.25, -0.2) is 4.98 Å². The summed E-state index contributed by atoms with van der Waals surface area (Å²) in [5.74, 6) is 0.925. The van der Waals surface area contributed by atoms with Crippen LogP contribution in [0.1, 0.15) is 23.9 Å². The molecule has 3 aromatic carbocycles. The molecule has 1 aromatic heterocycles. The summed E-state index contributed by atoms with van der Waals surface area (Å²) in [6.07, 6.45) is 1.97. The van der Waals surface area contributed by atoms with Crippen LogP contribution in [-0.4, -0.2) is 20.8 Å². The lowest BCUT2D eigenvalue weighted by Gasteiger charge is -2.12. The van der Waals surface area contributed by atoms with Crippen molar-refractivity contribution in [2.45, 2.75) is 20.0 Å². The Bertz CT molecular complexity index is 1540. The number of nitrogens with zero attached hydrogens (tertiary/aromatic N) is 4. The zero-order valence-corrected chi connectivity index (χ0v) is 22.2. The lowest BCUT2D eigenvalue weighted by Crippen LogP contribution is -2.22. The van der Waals surface area contributed by atoms with E-state index in [2.05, 4.69) is 41.9 Å². The van der Waals surface area contributed by atoms with Crippen molar-refractivity contribution in [2.75, 3.05) is 0 Å². The smallest absolute Gasteiger partial charge is 0.282 e. The molecule has 0 fully saturated rings. The van der Waals surface area contributed by atoms with Gasteiger partial charge in [0, 0.05) is 33.6 Å². The third-order valence-corrected chi connectivity index (χ3v) is 6.35. The Labute approximate surface area is 221 Å². The van der Waals surface area contributed by atoms with Crippen molar-refractivity contribution in [3.8, 4) is 5.75 Å². The van der Waals surface area contributed by atoms with Crippen molar-refractivity contribution in [2.24, 2.45) is 5.10 Å². The highest BCUT2D eigenvalue weighted by atomic mass is 79.9. The molecule has 4 rings (SSSR count). The second-order valence-corrected chi connectivity index (χ2v) is 9.63. The molecule has 0 bridgehead atoms. The number of non-ortho nitro benzene ring substituents is 1. The summed E-state index contributed by atoms with van der Waals surface area (Å²) >= 11 is 13.1. The lowest BCUT2D eigenvalue weighted by atomic mass is 10.2. The van der Waals surface area contributed by atoms with Crippen LogP contribution in [0.15, 0.2) is 73.4 Å². The van der Waals surface area contributed by atoms with Gasteiger partial charge in [0.1, 0.15) is 18.2 Å². The molecule has 0 saturated heterocycles. The van der Waals surface area contributed by atoms with Crippen LogP contribution in [0.3, 0.4) is 0 Å². The highest BCUT2D eigenvalue weighted by Gasteiger charge is 2.13. The molecule has 0 amide bonds. The van der Waals surface area contributed by atoms with Gasteiger partial charge in [-0.1, -0.05) is 46.6 Å². The third kappa shape index (κ3) is 5.61. The van der Waals surface area contributed by atoms with Crippen LogP contribution in [-0.2, 0) is 13.0 Å². The first-order valence-electron chi connectivity index (χ1n) is 10.4. The van der Waals surface area contributed by atoms with Crippen molar-refractivity contribution in [1.82, 2.24) is 9.66 Å². The number of nitro benzene ring substituents is 1. The minimum Gasteiger partial charge on any atom is -0.487 e. The minimum absolute atomic E-state index is 0.0232. The second kappa shape index (κ2) is 10.7. The van der Waals surface area contributed by atoms with Crippen molar-refractivity contribution < 1.29 is 9.66 Å². The summed E-state index contributed by atoms with van der Waals surface area (Å²) in [5, 5.41) is 16.3. The predicted molar refractivity (Wildman–Crippen MR) is 143 cm³/mol. The number of halogens is 3. The van der Waals surface area contributed by atoms with Gasteiger partial charge in [-0.15, -0.1) is 0 Å². The molecule has 4 aromatic rings. The molecule has 0 radical (unpaired) electrons. The number of hydrogen-bond donors (Lipinski definition) is 0. The number of aryl methyl sites for hydroxylation is 1. The molecule has 0 atom stereocenters. The Balaban J connectivity index is 1.72. The Morgan fingerprint density at radius 1 is 1.20 bits per heavy atom. The maximum absolute atomic E-state index is 13.2. The maximum atomic E-state index is 13.2. The van der Waals surface area contributed by atoms with Crippen LogP contribution in [0, 0.1) is 10.1 Å². The fourth-order valence-electron chi connectivity index (χ4n) is 3.41. The first-order chi connectivity index (χ1) is 16.8. The van der Waals surface area contributed by atoms with E-state index < -0.39 is 4.92 Å². The van der Waals surface area contributed by atoms with Crippen LogP contribution >= 0.6 is 43.5 Å². The van der Waals surface area contributed by atoms with Crippen LogP contribution in [0.5, 0.6) is 5.75 Å². The number of ether oxygens (including phenoxy) is 1. The van der Waals surface area contributed by atoms with Crippen LogP contribution < -0.4 is 10.3 Å². The number of hydrogen-bond acceptors (Lipinski definition) is 6. The molecule has 0 saturated carbocycles. The molecule has 0 aliphatic heterocycles. The van der Waals surface area contributed by atoms with Gasteiger partial charge in [-0.2, -0.15) is 9.78 Å². The number of rotatable bonds is 7. The molecule has 8 nitrogen and oxygen atoms in total. The standard InChI is InChI=1S/C24H17Br2ClN4O4/c1-2-22-29-21-7-6-16(25)10-19(21)24(32)30(22)28-12-15-9-17(27)11-20(26)23(15)35-13-14-4-3-5-18(8-14)31(33)34/h3-12H,2,13H2,1H3. The number of aromatic nitrogens is 2. The van der Waals surface area contributed by atoms with Gasteiger partial charge < -0.3 is 4.74 Å². The normalized spacial score (nSPS) is 11.3. The van der Waals surface area contributed by atoms with E-state index >= 15 is 0 Å². The molecule has 0 N–H and O–H groups in total. The highest BCUT2D eigenvalue weighted by Crippen LogP contribution is 2.33. The second-order valence-electron chi connectivity index (χ2n) is 7.43. The van der Waals surface area contributed by atoms with E-state index in [1.54, 1.807) is 36.4 Å². The van der Waals surface area contributed by atoms with Gasteiger partial charge in [0.05, 0.1) is 26.5 Å². The monoisotopic (exact) mass is 618 g/mol. The summed E-state index contributed by atoms with van der Waals surface area (Å²) in [7, 11) is 0. The quantitative estimate of drug-likeness (QED) is 0.133. The molecule has 178 valence electrons. The Morgan fingerprint density at radius 2 is 2.00 bits per heavy atom. The number of fused-ring (bicyclic) bond motifs is 1. The topological polar surface area (TPSA) is 99.6 Å². The fraction of sp³-hybridized carbons (Fsp3) is 0.125. The van der Waals surface area contributed by atoms with Crippen molar-refractivity contribution in [1.29, 1.82) is 0 Å². The summed E-state index contributed by atoms with van der Waals surface area (Å²) in [4.78, 5) is 28.3. The predicted octanol–water partition coefficient (Wildman–Crippen LogP) is 6.51. The van der Waals surface area contributed by atoms with Gasteiger partial charge in [0.15, 0.2) is 0 Å². The van der Waals surface area contributed by atoms with Crippen LogP contribution in [0.2, 0.25) is 5.02 Å². The zero-order chi connectivity index (χ0) is 25.1. The maximum Gasteiger partial charge on any atom is 0.282 e. The molecule has 0 aliphatic rings. The van der Waals surface area contributed by atoms with Gasteiger partial charge in [0.2, 0.25) is 0 Å². The van der Waals surface area contributed by atoms with E-state index in [1.807, 2.05) is 13.0 Å². The summed E-state index contributed by atoms with van der Waals surface area (Å²) in [6.45, 7) is 1.97. The molecular formula is C24H17Br2ClN4O4. The average molecular weight is 621 g/mol. The van der Waals surface area contributed by atoms with E-state index in [0.29, 0.717) is 49.5 Å². The number of nitro groups is 1. The zero-order valence-electron chi connectivity index (χ0n) is 18.2. The fourth-order valence-corrected chi connectivity index (χ4v) is 4.72. The van der Waals surface area contributed by atoms with E-state index in [9.17, 15) is 14.9 Å². The lowest BCUT2D eigenvalue weighted by molar-refractivity contribution is -0.384. The van der Waals surface area contributed by atoms with Gasteiger partial charge in [0.25, 0.3) is 11.2 Å². The molecular weight excluding hydrogens is 604 g/mol. The third-order valence-electron chi connectivity index (χ3n) is 5.05. The Morgan fingerprint density at radius 3 is 2.74 bits per heavy atom. The summed E-state index contributed by atoms with van der Waals surface area (Å²) in [5.41, 5.74) is 1.40. The average Bonchev–Trinajstić information content (AvgIpc) is 2.83. The molecule has 0 unspecified atom stereocenters. The van der Waals surface area contributed by atoms with Gasteiger partial charge >= 0.3 is 0 Å². The molecule has 35 heavy (non-hydrogen) atoms. The van der Waals surface area contributed by atoms with Crippen molar-refractivity contribution in [3.63, 3.8) is 0 Å². The van der Waals surface area contributed by atoms with E-state index in [4.69, 9.17) is 16.3 Å².